The van der Waals surface area contributed by atoms with Gasteiger partial charge < -0.3 is 5.32 Å². The normalized spacial score (nSPS) is 12.4. The van der Waals surface area contributed by atoms with Crippen molar-refractivity contribution in [1.82, 2.24) is 5.32 Å². The Morgan fingerprint density at radius 2 is 1.95 bits per heavy atom. The lowest BCUT2D eigenvalue weighted by atomic mass is 10.1. The lowest BCUT2D eigenvalue weighted by Gasteiger charge is -2.13. The first-order valence-corrected chi connectivity index (χ1v) is 7.98. The summed E-state index contributed by atoms with van der Waals surface area (Å²) in [6.07, 6.45) is 0. The zero-order valence-corrected chi connectivity index (χ0v) is 13.0. The summed E-state index contributed by atoms with van der Waals surface area (Å²) in [5.41, 5.74) is 1.73. The molecule has 21 heavy (non-hydrogen) atoms. The van der Waals surface area contributed by atoms with Crippen molar-refractivity contribution in [2.75, 3.05) is 6.54 Å². The van der Waals surface area contributed by atoms with Crippen LogP contribution in [0.1, 0.15) is 31.0 Å². The van der Waals surface area contributed by atoms with Crippen LogP contribution in [0.2, 0.25) is 0 Å². The summed E-state index contributed by atoms with van der Waals surface area (Å²) in [4.78, 5) is 1.08. The minimum absolute atomic E-state index is 0.290. The second-order valence-corrected chi connectivity index (χ2v) is 5.93. The van der Waals surface area contributed by atoms with Crippen molar-refractivity contribution in [1.29, 1.82) is 0 Å². The van der Waals surface area contributed by atoms with Gasteiger partial charge >= 0.3 is 0 Å². The number of thioether (sulfide) groups is 1. The standard InChI is InChI=1S/C17H19F2NS/c1-3-20-12(2)13-5-4-6-16(9-13)21-11-14-7-8-15(18)10-17(14)19/h4-10,12,20H,3,11H2,1-2H3. The molecule has 0 saturated carbocycles. The van der Waals surface area contributed by atoms with E-state index in [2.05, 4.69) is 31.3 Å². The lowest BCUT2D eigenvalue weighted by molar-refractivity contribution is 0.576. The summed E-state index contributed by atoms with van der Waals surface area (Å²) < 4.78 is 26.5. The number of nitrogens with one attached hydrogen (secondary N) is 1. The molecule has 0 saturated heterocycles. The second kappa shape index (κ2) is 7.57. The van der Waals surface area contributed by atoms with Gasteiger partial charge in [0.25, 0.3) is 0 Å². The fourth-order valence-corrected chi connectivity index (χ4v) is 3.05. The van der Waals surface area contributed by atoms with Gasteiger partial charge in [0.05, 0.1) is 0 Å². The summed E-state index contributed by atoms with van der Waals surface area (Å²) in [6, 6.07) is 12.2. The minimum atomic E-state index is -0.539. The molecule has 0 radical (unpaired) electrons. The van der Waals surface area contributed by atoms with E-state index in [1.807, 2.05) is 12.1 Å². The molecule has 4 heteroatoms. The first kappa shape index (κ1) is 16.0. The summed E-state index contributed by atoms with van der Waals surface area (Å²) in [5, 5.41) is 3.37. The maximum absolute atomic E-state index is 13.6. The molecule has 2 rings (SSSR count). The van der Waals surface area contributed by atoms with Crippen LogP contribution < -0.4 is 5.32 Å². The van der Waals surface area contributed by atoms with Gasteiger partial charge in [-0.3, -0.25) is 0 Å². The molecule has 1 N–H and O–H groups in total. The lowest BCUT2D eigenvalue weighted by Crippen LogP contribution is -2.17. The third-order valence-corrected chi connectivity index (χ3v) is 4.32. The Balaban J connectivity index is 2.04. The van der Waals surface area contributed by atoms with Gasteiger partial charge in [-0.2, -0.15) is 0 Å². The van der Waals surface area contributed by atoms with Crippen molar-refractivity contribution in [3.8, 4) is 0 Å². The maximum atomic E-state index is 13.6. The summed E-state index contributed by atoms with van der Waals surface area (Å²) >= 11 is 1.55. The summed E-state index contributed by atoms with van der Waals surface area (Å²) in [6.45, 7) is 5.11. The van der Waals surface area contributed by atoms with Gasteiger partial charge in [0.1, 0.15) is 11.6 Å². The zero-order chi connectivity index (χ0) is 15.2. The highest BCUT2D eigenvalue weighted by molar-refractivity contribution is 7.98. The molecular weight excluding hydrogens is 288 g/mol. The van der Waals surface area contributed by atoms with E-state index in [0.29, 0.717) is 11.3 Å². The van der Waals surface area contributed by atoms with E-state index < -0.39 is 11.6 Å². The molecule has 0 heterocycles. The first-order valence-electron chi connectivity index (χ1n) is 7.00. The van der Waals surface area contributed by atoms with Gasteiger partial charge in [0.15, 0.2) is 0 Å². The van der Waals surface area contributed by atoms with Gasteiger partial charge in [-0.15, -0.1) is 11.8 Å². The van der Waals surface area contributed by atoms with Crippen LogP contribution in [0.25, 0.3) is 0 Å². The van der Waals surface area contributed by atoms with Crippen molar-refractivity contribution in [3.63, 3.8) is 0 Å². The van der Waals surface area contributed by atoms with Crippen LogP contribution in [0.15, 0.2) is 47.4 Å². The molecule has 112 valence electrons. The number of benzene rings is 2. The van der Waals surface area contributed by atoms with Crippen molar-refractivity contribution in [2.45, 2.75) is 30.5 Å². The van der Waals surface area contributed by atoms with Crippen molar-refractivity contribution < 1.29 is 8.78 Å². The third kappa shape index (κ3) is 4.55. The van der Waals surface area contributed by atoms with Gasteiger partial charge in [0.2, 0.25) is 0 Å². The third-order valence-electron chi connectivity index (χ3n) is 3.28. The Hall–Kier alpha value is -1.39. The number of rotatable bonds is 6. The molecule has 0 aliphatic carbocycles. The Kier molecular flexibility index (Phi) is 5.76. The van der Waals surface area contributed by atoms with Crippen LogP contribution in [-0.2, 0) is 5.75 Å². The van der Waals surface area contributed by atoms with Crippen LogP contribution in [0.3, 0.4) is 0 Å². The van der Waals surface area contributed by atoms with Crippen LogP contribution in [0, 0.1) is 11.6 Å². The van der Waals surface area contributed by atoms with Crippen molar-refractivity contribution in [2.24, 2.45) is 0 Å². The average Bonchev–Trinajstić information content (AvgIpc) is 2.47. The smallest absolute Gasteiger partial charge is 0.130 e. The molecule has 0 aliphatic heterocycles. The largest absolute Gasteiger partial charge is 0.310 e. The quantitative estimate of drug-likeness (QED) is 0.760. The predicted molar refractivity (Wildman–Crippen MR) is 84.5 cm³/mol. The molecule has 0 fully saturated rings. The summed E-state index contributed by atoms with van der Waals surface area (Å²) in [7, 11) is 0. The van der Waals surface area contributed by atoms with E-state index in [1.165, 1.54) is 17.7 Å². The van der Waals surface area contributed by atoms with Gasteiger partial charge in [-0.05, 0) is 42.8 Å². The van der Waals surface area contributed by atoms with E-state index in [9.17, 15) is 8.78 Å². The van der Waals surface area contributed by atoms with Gasteiger partial charge in [-0.1, -0.05) is 25.1 Å². The topological polar surface area (TPSA) is 12.0 Å². The predicted octanol–water partition coefficient (Wildman–Crippen LogP) is 4.93. The fraction of sp³-hybridized carbons (Fsp3) is 0.294. The molecule has 0 aliphatic rings. The molecule has 0 spiro atoms. The maximum Gasteiger partial charge on any atom is 0.130 e. The van der Waals surface area contributed by atoms with E-state index in [1.54, 1.807) is 11.8 Å². The van der Waals surface area contributed by atoms with E-state index >= 15 is 0 Å². The zero-order valence-electron chi connectivity index (χ0n) is 12.2. The molecule has 1 unspecified atom stereocenters. The van der Waals surface area contributed by atoms with E-state index in [0.717, 1.165) is 17.5 Å². The minimum Gasteiger partial charge on any atom is -0.310 e. The Morgan fingerprint density at radius 1 is 1.14 bits per heavy atom. The van der Waals surface area contributed by atoms with Crippen LogP contribution >= 0.6 is 11.8 Å². The van der Waals surface area contributed by atoms with Gasteiger partial charge in [0, 0.05) is 22.8 Å². The molecule has 1 nitrogen and oxygen atoms in total. The Bertz CT molecular complexity index is 601. The molecular formula is C17H19F2NS. The molecule has 1 atom stereocenters. The SMILES string of the molecule is CCNC(C)c1cccc(SCc2ccc(F)cc2F)c1. The highest BCUT2D eigenvalue weighted by Crippen LogP contribution is 2.26. The summed E-state index contributed by atoms with van der Waals surface area (Å²) in [5.74, 6) is -0.534. The Morgan fingerprint density at radius 3 is 2.67 bits per heavy atom. The first-order chi connectivity index (χ1) is 10.1. The highest BCUT2D eigenvalue weighted by atomic mass is 32.2. The van der Waals surface area contributed by atoms with Gasteiger partial charge in [-0.25, -0.2) is 8.78 Å². The monoisotopic (exact) mass is 307 g/mol. The van der Waals surface area contributed by atoms with Crippen LogP contribution in [0.4, 0.5) is 8.78 Å². The molecule has 2 aromatic rings. The molecule has 0 bridgehead atoms. The number of halogens is 2. The fourth-order valence-electron chi connectivity index (χ4n) is 2.10. The number of hydrogen-bond donors (Lipinski definition) is 1. The Labute approximate surface area is 128 Å². The van der Waals surface area contributed by atoms with Crippen molar-refractivity contribution >= 4 is 11.8 Å². The second-order valence-electron chi connectivity index (χ2n) is 4.88. The molecule has 2 aromatic carbocycles. The number of hydrogen-bond acceptors (Lipinski definition) is 2. The van der Waals surface area contributed by atoms with Crippen molar-refractivity contribution in [3.05, 3.63) is 65.2 Å². The highest BCUT2D eigenvalue weighted by Gasteiger charge is 2.07. The van der Waals surface area contributed by atoms with Crippen LogP contribution in [0.5, 0.6) is 0 Å². The molecule has 0 aromatic heterocycles. The van der Waals surface area contributed by atoms with E-state index in [-0.39, 0.29) is 6.04 Å². The molecule has 0 amide bonds. The average molecular weight is 307 g/mol. The van der Waals surface area contributed by atoms with E-state index in [4.69, 9.17) is 0 Å². The van der Waals surface area contributed by atoms with Crippen LogP contribution in [-0.4, -0.2) is 6.54 Å².